The van der Waals surface area contributed by atoms with Gasteiger partial charge in [-0.3, -0.25) is 0 Å². The quantitative estimate of drug-likeness (QED) is 0.00945. The first kappa shape index (κ1) is 99.8. The van der Waals surface area contributed by atoms with Gasteiger partial charge in [0.1, 0.15) is 32.0 Å². The largest absolute Gasteiger partial charge is 1.00 e. The van der Waals surface area contributed by atoms with Gasteiger partial charge in [-0.2, -0.15) is 124 Å². The van der Waals surface area contributed by atoms with Gasteiger partial charge in [-0.25, -0.2) is 16.8 Å². The fraction of sp³-hybridized carbons (Fsp3) is 0.122. The van der Waals surface area contributed by atoms with Crippen LogP contribution in [0.25, 0.3) is 0 Å². The smallest absolute Gasteiger partial charge is 0.747 e. The van der Waals surface area contributed by atoms with E-state index in [0.29, 0.717) is 91.0 Å². The van der Waals surface area contributed by atoms with Gasteiger partial charge in [0.25, 0.3) is 0 Å². The van der Waals surface area contributed by atoms with Crippen LogP contribution in [0.1, 0.15) is 40.7 Å². The van der Waals surface area contributed by atoms with Crippen molar-refractivity contribution in [3.63, 3.8) is 0 Å². The van der Waals surface area contributed by atoms with Gasteiger partial charge in [-0.05, 0) is 292 Å². The Morgan fingerprint density at radius 3 is 0.642 bits per heavy atom. The first-order chi connectivity index (χ1) is 57.4. The Kier molecular flexibility index (Phi) is 39.4. The number of hydrogen-bond acceptors (Lipinski definition) is 25. The molecule has 0 saturated carbocycles. The standard InChI is InChI=1S/C23H21F3N4O.C20H16F3N5O3S.C19H14F3N5.C13H10F3N3.C7H9NO3S.2Na/c24-23(25,26)18-6-10-20(11-7-18)28-30-22-14-12-21(13-15-22)29-27-19-8-4-17(5-9-19)3-1-2-16-31;21-20(22,23)14-1-3-16(4-2-14)25-27-18-9-11-19(12-10-18)28-26-17-7-5-15(6-8-17)24-13-32(29,30)31;20-19(21,22)13-1-5-15(6-2-13)24-26-17-9-11-18(12-10-17)27-25-16-7-3-14(23)4-8-16;14-13(15,16)9-1-5-11(6-2-9)18-19-12-7-3-10(17)4-8-12;9-12(10,11)6-8-7-4-2-1-3-5-7;;/h4-15,31H,1-3,16H2;1-12,24H,13H2,(H,29,30,31);1-12H,23H2;1-8H,17H2;1-5,8H,6H2,(H,9,10,11);;/q;;;;;2*+1/p-2. The summed E-state index contributed by atoms with van der Waals surface area (Å²) >= 11 is 0. The topological polar surface area (TPSA) is 384 Å². The third-order valence-electron chi connectivity index (χ3n) is 15.4. The summed E-state index contributed by atoms with van der Waals surface area (Å²) < 4.78 is 212. The Morgan fingerprint density at radius 1 is 0.268 bits per heavy atom. The molecule has 0 spiro atoms. The van der Waals surface area contributed by atoms with Crippen LogP contribution in [0, 0.1) is 0 Å². The molecule has 12 rings (SSSR count). The Labute approximate surface area is 741 Å². The van der Waals surface area contributed by atoms with Gasteiger partial charge in [-0.1, -0.05) is 30.3 Å². The molecule has 0 aliphatic carbocycles. The van der Waals surface area contributed by atoms with Crippen molar-refractivity contribution in [2.45, 2.75) is 44.0 Å². The van der Waals surface area contributed by atoms with Crippen LogP contribution < -0.4 is 81.2 Å². The molecule has 12 aromatic rings. The number of azo groups is 7. The maximum Gasteiger partial charge on any atom is 1.00 e. The molecule has 0 aromatic heterocycles. The zero-order valence-corrected chi connectivity index (χ0v) is 70.3. The molecular weight excluding hydrogens is 1690 g/mol. The van der Waals surface area contributed by atoms with E-state index in [9.17, 15) is 78.6 Å². The third-order valence-corrected chi connectivity index (χ3v) is 16.4. The zero-order valence-electron chi connectivity index (χ0n) is 64.7. The fourth-order valence-electron chi connectivity index (χ4n) is 9.23. The molecule has 0 unspecified atom stereocenters. The molecule has 0 amide bonds. The van der Waals surface area contributed by atoms with Gasteiger partial charge in [-0.15, -0.1) is 0 Å². The first-order valence-electron chi connectivity index (χ1n) is 35.3. The molecule has 626 valence electrons. The van der Waals surface area contributed by atoms with E-state index >= 15 is 0 Å². The van der Waals surface area contributed by atoms with Crippen LogP contribution in [-0.4, -0.2) is 49.4 Å². The summed E-state index contributed by atoms with van der Waals surface area (Å²) in [5, 5.41) is 70.0. The average molecular weight is 1760 g/mol. The first-order valence-corrected chi connectivity index (χ1v) is 38.4. The number of rotatable bonds is 24. The van der Waals surface area contributed by atoms with Crippen molar-refractivity contribution in [2.24, 2.45) is 71.6 Å². The van der Waals surface area contributed by atoms with E-state index in [1.807, 2.05) is 24.3 Å². The van der Waals surface area contributed by atoms with E-state index in [2.05, 4.69) is 82.2 Å². The predicted molar refractivity (Wildman–Crippen MR) is 432 cm³/mol. The minimum atomic E-state index is -4.40. The molecule has 0 saturated heterocycles. The van der Waals surface area contributed by atoms with Gasteiger partial charge in [0.05, 0.1) is 102 Å². The van der Waals surface area contributed by atoms with Crippen LogP contribution in [0.15, 0.2) is 369 Å². The van der Waals surface area contributed by atoms with E-state index in [-0.39, 0.29) is 71.4 Å². The van der Waals surface area contributed by atoms with Crippen molar-refractivity contribution in [2.75, 3.05) is 40.5 Å². The predicted octanol–water partition coefficient (Wildman–Crippen LogP) is 20.7. The molecule has 0 radical (unpaired) electrons. The number of aliphatic hydroxyl groups excluding tert-OH is 1. The Morgan fingerprint density at radius 2 is 0.447 bits per heavy atom. The second-order valence-electron chi connectivity index (χ2n) is 24.8. The number of nitrogens with two attached hydrogens (primary N) is 2. The molecular formula is C82H68F12N18Na2O7S2. The number of halogens is 12. The molecule has 25 nitrogen and oxygen atoms in total. The average Bonchev–Trinajstić information content (AvgIpc) is 0.875. The summed E-state index contributed by atoms with van der Waals surface area (Å²) in [6.07, 6.45) is -14.8. The van der Waals surface area contributed by atoms with Crippen molar-refractivity contribution in [3.8, 4) is 0 Å². The van der Waals surface area contributed by atoms with E-state index in [1.54, 1.807) is 176 Å². The second-order valence-corrected chi connectivity index (χ2v) is 27.6. The van der Waals surface area contributed by atoms with Crippen LogP contribution in [-0.2, 0) is 51.4 Å². The Hall–Kier alpha value is -12.0. The number of nitrogen functional groups attached to an aromatic ring is 2. The van der Waals surface area contributed by atoms with Crippen LogP contribution in [0.4, 0.5) is 155 Å². The Bertz CT molecular complexity index is 5690. The molecule has 0 bridgehead atoms. The second kappa shape index (κ2) is 48.6. The van der Waals surface area contributed by atoms with Gasteiger partial charge < -0.3 is 36.3 Å². The summed E-state index contributed by atoms with van der Waals surface area (Å²) in [5.74, 6) is -1.28. The number of benzene rings is 12. The molecule has 41 heteroatoms. The van der Waals surface area contributed by atoms with Crippen LogP contribution in [0.5, 0.6) is 0 Å². The molecule has 0 aliphatic heterocycles. The number of nitrogens with zero attached hydrogens (tertiary/aromatic N) is 14. The van der Waals surface area contributed by atoms with E-state index < -0.39 is 78.9 Å². The maximum absolute atomic E-state index is 12.6. The van der Waals surface area contributed by atoms with Gasteiger partial charge in [0.15, 0.2) is 0 Å². The number of unbranched alkanes of at least 4 members (excludes halogenated alkanes) is 1. The van der Waals surface area contributed by atoms with E-state index in [4.69, 9.17) is 16.6 Å². The normalized spacial score (nSPS) is 11.9. The minimum absolute atomic E-state index is 0. The fourth-order valence-corrected chi connectivity index (χ4v) is 9.92. The summed E-state index contributed by atoms with van der Waals surface area (Å²) in [5.41, 5.74) is 18.9. The molecule has 123 heavy (non-hydrogen) atoms. The maximum atomic E-state index is 12.6. The molecule has 0 atom stereocenters. The van der Waals surface area contributed by atoms with Crippen molar-refractivity contribution in [3.05, 3.63) is 325 Å². The summed E-state index contributed by atoms with van der Waals surface area (Å²) in [7, 11) is -8.55. The number of aryl methyl sites for hydroxylation is 1. The van der Waals surface area contributed by atoms with Gasteiger partial charge >= 0.3 is 83.8 Å². The minimum Gasteiger partial charge on any atom is -0.747 e. The van der Waals surface area contributed by atoms with Crippen molar-refractivity contribution < 1.29 is 143 Å². The van der Waals surface area contributed by atoms with Crippen molar-refractivity contribution >= 4 is 123 Å². The number of anilines is 4. The third kappa shape index (κ3) is 38.7. The number of para-hydroxylation sites is 1. The monoisotopic (exact) mass is 1750 g/mol. The molecule has 12 aromatic carbocycles. The summed E-state index contributed by atoms with van der Waals surface area (Å²) in [6, 6.07) is 74.4. The molecule has 0 fully saturated rings. The van der Waals surface area contributed by atoms with Crippen molar-refractivity contribution in [1.82, 2.24) is 0 Å². The molecule has 0 heterocycles. The number of nitrogens with one attached hydrogen (secondary N) is 2. The van der Waals surface area contributed by atoms with Crippen LogP contribution in [0.3, 0.4) is 0 Å². The number of aliphatic hydroxyl groups is 1. The molecule has 7 N–H and O–H groups in total. The number of hydrogen-bond donors (Lipinski definition) is 5. The van der Waals surface area contributed by atoms with Crippen LogP contribution >= 0.6 is 0 Å². The summed E-state index contributed by atoms with van der Waals surface area (Å²) in [4.78, 5) is 0. The Balaban J connectivity index is 0.000000244. The van der Waals surface area contributed by atoms with Gasteiger partial charge in [0.2, 0.25) is 0 Å². The van der Waals surface area contributed by atoms with Crippen LogP contribution in [0.2, 0.25) is 0 Å². The number of alkyl halides is 12. The SMILES string of the molecule is Nc1ccc(N=Nc2ccc(C(F)(F)F)cc2)cc1.Nc1ccc(N=Nc2ccc(N=Nc3ccc(C(F)(F)F)cc3)cc2)cc1.O=S(=O)([O-])CNc1ccc(N=Nc2ccc(N=Nc3ccc(C(F)(F)F)cc3)cc2)cc1.O=S(=O)([O-])CNc1ccccc1.OCCCCc1ccc(N=Nc2ccc(N=Nc3ccc(C(F)(F)F)cc3)cc2)cc1.[Na+].[Na+]. The zero-order chi connectivity index (χ0) is 87.5. The van der Waals surface area contributed by atoms with E-state index in [0.717, 1.165) is 73.5 Å². The van der Waals surface area contributed by atoms with E-state index in [1.165, 1.54) is 54.1 Å². The molecule has 0 aliphatic rings. The summed E-state index contributed by atoms with van der Waals surface area (Å²) in [6.45, 7) is 0.210. The van der Waals surface area contributed by atoms with Crippen molar-refractivity contribution in [1.29, 1.82) is 0 Å². The van der Waals surface area contributed by atoms with Gasteiger partial charge in [0, 0.05) is 29.4 Å².